The molecule has 0 radical (unpaired) electrons. The average Bonchev–Trinajstić information content (AvgIpc) is 3.57. The number of carbonyl (C=O) groups is 2. The smallest absolute Gasteiger partial charge is 0.410 e. The van der Waals surface area contributed by atoms with Crippen molar-refractivity contribution in [3.63, 3.8) is 0 Å². The van der Waals surface area contributed by atoms with Gasteiger partial charge in [-0.15, -0.1) is 5.10 Å². The van der Waals surface area contributed by atoms with Crippen molar-refractivity contribution in [2.75, 3.05) is 43.0 Å². The van der Waals surface area contributed by atoms with E-state index < -0.39 is 28.7 Å². The number of aryl methyl sites for hydroxylation is 1. The first-order valence-electron chi connectivity index (χ1n) is 13.9. The second-order valence-corrected chi connectivity index (χ2v) is 12.5. The van der Waals surface area contributed by atoms with Crippen molar-refractivity contribution in [1.29, 1.82) is 0 Å². The lowest BCUT2D eigenvalue weighted by molar-refractivity contribution is 0.00713. The molecule has 0 bridgehead atoms. The van der Waals surface area contributed by atoms with Gasteiger partial charge < -0.3 is 19.4 Å². The Morgan fingerprint density at radius 1 is 1.12 bits per heavy atom. The number of aromatic nitrogens is 4. The number of hydrogen-bond donors (Lipinski definition) is 0. The van der Waals surface area contributed by atoms with Crippen LogP contribution in [0.2, 0.25) is 0 Å². The van der Waals surface area contributed by atoms with Crippen LogP contribution in [0.3, 0.4) is 0 Å². The van der Waals surface area contributed by atoms with Crippen LogP contribution in [0.25, 0.3) is 16.9 Å². The minimum Gasteiger partial charge on any atom is -0.444 e. The van der Waals surface area contributed by atoms with Crippen molar-refractivity contribution in [3.05, 3.63) is 52.3 Å². The standard InChI is InChI=1S/C29H30F3N7O3S/c1-6-19-25(36(5)26-34-22-17-8-7-16(30)15-18(17)29(31,32)24(40)23(22)43-26)39-20(33-19)9-10-21(35-39)37-11-13-38(14-12-37)27(41)42-28(2,3)4/h7-10,15H,6,11-14H2,1-5H3. The van der Waals surface area contributed by atoms with Crippen LogP contribution in [0.15, 0.2) is 30.3 Å². The molecule has 1 fully saturated rings. The molecule has 0 atom stereocenters. The molecule has 1 aliphatic carbocycles. The molecule has 10 nitrogen and oxygen atoms in total. The monoisotopic (exact) mass is 613 g/mol. The Labute approximate surface area is 249 Å². The molecule has 1 saturated heterocycles. The number of amides is 1. The zero-order valence-electron chi connectivity index (χ0n) is 24.3. The first kappa shape index (κ1) is 28.9. The Morgan fingerprint density at radius 2 is 1.84 bits per heavy atom. The van der Waals surface area contributed by atoms with Gasteiger partial charge in [0.1, 0.15) is 22.1 Å². The molecule has 4 aromatic rings. The molecule has 3 aromatic heterocycles. The maximum atomic E-state index is 15.0. The third-order valence-corrected chi connectivity index (χ3v) is 8.52. The van der Waals surface area contributed by atoms with Crippen molar-refractivity contribution in [2.45, 2.75) is 45.6 Å². The van der Waals surface area contributed by atoms with E-state index in [-0.39, 0.29) is 22.2 Å². The van der Waals surface area contributed by atoms with E-state index in [1.165, 1.54) is 6.07 Å². The number of anilines is 3. The van der Waals surface area contributed by atoms with E-state index in [1.54, 1.807) is 21.4 Å². The number of thiazole rings is 1. The number of rotatable bonds is 4. The number of piperazine rings is 1. The van der Waals surface area contributed by atoms with Crippen LogP contribution < -0.4 is 9.80 Å². The van der Waals surface area contributed by atoms with Gasteiger partial charge in [-0.05, 0) is 57.5 Å². The highest BCUT2D eigenvalue weighted by Gasteiger charge is 2.50. The number of ketones is 1. The van der Waals surface area contributed by atoms with Crippen LogP contribution in [0.5, 0.6) is 0 Å². The number of alkyl halides is 2. The molecule has 6 rings (SSSR count). The predicted octanol–water partition coefficient (Wildman–Crippen LogP) is 5.67. The number of halogens is 3. The molecule has 43 heavy (non-hydrogen) atoms. The maximum absolute atomic E-state index is 15.0. The van der Waals surface area contributed by atoms with Gasteiger partial charge in [-0.3, -0.25) is 4.79 Å². The topological polar surface area (TPSA) is 96.2 Å². The highest BCUT2D eigenvalue weighted by molar-refractivity contribution is 7.18. The van der Waals surface area contributed by atoms with Gasteiger partial charge >= 0.3 is 12.0 Å². The molecule has 2 aliphatic rings. The fraction of sp³-hybridized carbons (Fsp3) is 0.414. The number of hydrogen-bond acceptors (Lipinski definition) is 9. The molecule has 0 N–H and O–H groups in total. The summed E-state index contributed by atoms with van der Waals surface area (Å²) in [5.74, 6) is -4.87. The highest BCUT2D eigenvalue weighted by Crippen LogP contribution is 2.49. The number of Topliss-reactive ketones (excluding diaryl/α,β-unsaturated/α-hetero) is 1. The second-order valence-electron chi connectivity index (χ2n) is 11.5. The van der Waals surface area contributed by atoms with Gasteiger partial charge in [0.05, 0.1) is 11.4 Å². The fourth-order valence-corrected chi connectivity index (χ4v) is 6.29. The summed E-state index contributed by atoms with van der Waals surface area (Å²) in [6.07, 6.45) is 0.203. The molecular formula is C29H30F3N7O3S. The number of carbonyl (C=O) groups excluding carboxylic acids is 2. The van der Waals surface area contributed by atoms with Crippen LogP contribution in [-0.2, 0) is 17.1 Å². The summed E-state index contributed by atoms with van der Waals surface area (Å²) in [4.78, 5) is 39.9. The largest absolute Gasteiger partial charge is 0.444 e. The van der Waals surface area contributed by atoms with Crippen LogP contribution in [0.4, 0.5) is 34.7 Å². The predicted molar refractivity (Wildman–Crippen MR) is 156 cm³/mol. The summed E-state index contributed by atoms with van der Waals surface area (Å²) in [6.45, 7) is 9.48. The minimum absolute atomic E-state index is 0.0247. The normalized spacial score (nSPS) is 16.3. The Bertz CT molecular complexity index is 1760. The van der Waals surface area contributed by atoms with E-state index in [0.29, 0.717) is 66.8 Å². The van der Waals surface area contributed by atoms with E-state index in [1.807, 2.05) is 39.8 Å². The number of imidazole rings is 1. The van der Waals surface area contributed by atoms with Gasteiger partial charge in [0, 0.05) is 44.4 Å². The summed E-state index contributed by atoms with van der Waals surface area (Å²) in [5, 5.41) is 5.15. The van der Waals surface area contributed by atoms with Crippen molar-refractivity contribution >= 4 is 45.6 Å². The molecule has 0 spiro atoms. The number of ether oxygens (including phenoxy) is 1. The molecular weight excluding hydrogens is 583 g/mol. The fourth-order valence-electron chi connectivity index (χ4n) is 5.27. The lowest BCUT2D eigenvalue weighted by atomic mass is 9.89. The van der Waals surface area contributed by atoms with Crippen LogP contribution in [-0.4, -0.2) is 75.2 Å². The van der Waals surface area contributed by atoms with E-state index in [0.717, 1.165) is 17.4 Å². The first-order chi connectivity index (χ1) is 20.3. The molecule has 0 saturated carbocycles. The van der Waals surface area contributed by atoms with Crippen molar-refractivity contribution in [3.8, 4) is 11.3 Å². The average molecular weight is 614 g/mol. The molecule has 14 heteroatoms. The van der Waals surface area contributed by atoms with Crippen LogP contribution in [0, 0.1) is 5.82 Å². The second kappa shape index (κ2) is 10.2. The Balaban J connectivity index is 1.32. The first-order valence-corrected chi connectivity index (χ1v) is 14.7. The van der Waals surface area contributed by atoms with Crippen molar-refractivity contribution in [1.82, 2.24) is 24.5 Å². The van der Waals surface area contributed by atoms with E-state index >= 15 is 8.78 Å². The zero-order valence-corrected chi connectivity index (χ0v) is 25.1. The Hall–Kier alpha value is -4.20. The van der Waals surface area contributed by atoms with E-state index in [2.05, 4.69) is 9.88 Å². The van der Waals surface area contributed by atoms with Gasteiger partial charge in [0.15, 0.2) is 16.6 Å². The molecule has 4 heterocycles. The molecule has 0 unspecified atom stereocenters. The number of fused-ring (bicyclic) bond motifs is 4. The molecule has 1 amide bonds. The minimum atomic E-state index is -3.87. The summed E-state index contributed by atoms with van der Waals surface area (Å²) < 4.78 is 51.1. The SMILES string of the molecule is CCc1nc2ccc(N3CCN(C(=O)OC(C)(C)C)CC3)nn2c1N(C)c1nc2c(s1)C(=O)C(F)(F)c1cc(F)ccc1-2. The summed E-state index contributed by atoms with van der Waals surface area (Å²) >= 11 is 0.849. The lowest BCUT2D eigenvalue weighted by Gasteiger charge is -2.36. The number of benzene rings is 1. The summed E-state index contributed by atoms with van der Waals surface area (Å²) in [5.41, 5.74) is 0.145. The third-order valence-electron chi connectivity index (χ3n) is 7.39. The van der Waals surface area contributed by atoms with Gasteiger partial charge in [-0.2, -0.15) is 13.3 Å². The van der Waals surface area contributed by atoms with Gasteiger partial charge in [-0.25, -0.2) is 19.2 Å². The van der Waals surface area contributed by atoms with E-state index in [9.17, 15) is 14.0 Å². The molecule has 226 valence electrons. The third kappa shape index (κ3) is 4.96. The summed E-state index contributed by atoms with van der Waals surface area (Å²) in [6, 6.07) is 6.72. The van der Waals surface area contributed by atoms with Crippen LogP contribution >= 0.6 is 11.3 Å². The zero-order chi connectivity index (χ0) is 30.8. The number of nitrogens with zero attached hydrogens (tertiary/aromatic N) is 7. The lowest BCUT2D eigenvalue weighted by Crippen LogP contribution is -2.50. The van der Waals surface area contributed by atoms with Crippen LogP contribution in [0.1, 0.15) is 48.6 Å². The maximum Gasteiger partial charge on any atom is 0.410 e. The molecule has 1 aromatic carbocycles. The van der Waals surface area contributed by atoms with E-state index in [4.69, 9.17) is 14.8 Å². The van der Waals surface area contributed by atoms with Gasteiger partial charge in [0.2, 0.25) is 5.78 Å². The van der Waals surface area contributed by atoms with Crippen molar-refractivity contribution < 1.29 is 27.5 Å². The Kier molecular flexibility index (Phi) is 6.86. The molecule has 1 aliphatic heterocycles. The van der Waals surface area contributed by atoms with Gasteiger partial charge in [-0.1, -0.05) is 18.3 Å². The highest BCUT2D eigenvalue weighted by atomic mass is 32.1. The summed E-state index contributed by atoms with van der Waals surface area (Å²) in [7, 11) is 1.72. The van der Waals surface area contributed by atoms with Gasteiger partial charge in [0.25, 0.3) is 0 Å². The van der Waals surface area contributed by atoms with Crippen molar-refractivity contribution in [2.24, 2.45) is 0 Å². The Morgan fingerprint density at radius 3 is 2.51 bits per heavy atom. The quantitative estimate of drug-likeness (QED) is 0.291.